The third-order valence-corrected chi connectivity index (χ3v) is 6.32. The Kier molecular flexibility index (Phi) is 3.12. The first-order valence-corrected chi connectivity index (χ1v) is 10.2. The first-order chi connectivity index (χ1) is 15.6. The van der Waals surface area contributed by atoms with Gasteiger partial charge in [-0.15, -0.1) is 0 Å². The molecule has 3 heterocycles. The van der Waals surface area contributed by atoms with Crippen molar-refractivity contribution in [2.75, 3.05) is 0 Å². The monoisotopic (exact) mass is 415 g/mol. The second kappa shape index (κ2) is 5.80. The Balaban J connectivity index is 1.87. The molecule has 0 fully saturated rings. The molecule has 0 N–H and O–H groups in total. The lowest BCUT2D eigenvalue weighted by atomic mass is 10.0. The van der Waals surface area contributed by atoms with Crippen molar-refractivity contribution in [3.8, 4) is 0 Å². The van der Waals surface area contributed by atoms with Crippen LogP contribution in [0.3, 0.4) is 0 Å². The van der Waals surface area contributed by atoms with Crippen LogP contribution in [0.1, 0.15) is 0 Å². The summed E-state index contributed by atoms with van der Waals surface area (Å²) in [4.78, 5) is 39.8. The Morgan fingerprint density at radius 2 is 1.12 bits per heavy atom. The average molecular weight is 415 g/mol. The van der Waals surface area contributed by atoms with Gasteiger partial charge in [-0.3, -0.25) is 14.4 Å². The predicted molar refractivity (Wildman–Crippen MR) is 127 cm³/mol. The van der Waals surface area contributed by atoms with Gasteiger partial charge in [-0.1, -0.05) is 30.3 Å². The Hall–Kier alpha value is -4.51. The van der Waals surface area contributed by atoms with Crippen molar-refractivity contribution < 1.29 is 4.42 Å². The van der Waals surface area contributed by atoms with Gasteiger partial charge in [-0.25, -0.2) is 0 Å². The first kappa shape index (κ1) is 17.2. The smallest absolute Gasteiger partial charge is 0.200 e. The van der Waals surface area contributed by atoms with Crippen molar-refractivity contribution >= 4 is 60.0 Å². The minimum absolute atomic E-state index is 0.108. The van der Waals surface area contributed by atoms with Crippen LogP contribution in [0.5, 0.6) is 0 Å². The molecule has 3 aromatic heterocycles. The van der Waals surface area contributed by atoms with Gasteiger partial charge in [0.1, 0.15) is 11.2 Å². The molecule has 0 saturated heterocycles. The highest BCUT2D eigenvalue weighted by Gasteiger charge is 2.18. The SMILES string of the molecule is O=c1c2ccccc2oc2cc3c(cc12)c(=O)c1cccc2c(=O)c4ccccc4n3c21. The largest absolute Gasteiger partial charge is 0.456 e. The minimum Gasteiger partial charge on any atom is -0.456 e. The molecule has 0 aliphatic heterocycles. The molecular formula is C27H13NO4. The van der Waals surface area contributed by atoms with E-state index in [0.29, 0.717) is 60.0 Å². The van der Waals surface area contributed by atoms with Crippen LogP contribution >= 0.6 is 0 Å². The van der Waals surface area contributed by atoms with Gasteiger partial charge in [0.15, 0.2) is 10.9 Å². The maximum Gasteiger partial charge on any atom is 0.200 e. The highest BCUT2D eigenvalue weighted by molar-refractivity contribution is 6.09. The van der Waals surface area contributed by atoms with Gasteiger partial charge in [0.25, 0.3) is 0 Å². The molecule has 150 valence electrons. The number of hydrogen-bond acceptors (Lipinski definition) is 4. The summed E-state index contributed by atoms with van der Waals surface area (Å²) < 4.78 is 8.00. The molecule has 0 bridgehead atoms. The summed E-state index contributed by atoms with van der Waals surface area (Å²) in [5.74, 6) is 0. The molecule has 0 spiro atoms. The number of benzene rings is 4. The van der Waals surface area contributed by atoms with Gasteiger partial charge in [0, 0.05) is 27.6 Å². The van der Waals surface area contributed by atoms with Gasteiger partial charge >= 0.3 is 0 Å². The van der Waals surface area contributed by atoms with Crippen LogP contribution in [-0.2, 0) is 0 Å². The molecule has 5 nitrogen and oxygen atoms in total. The van der Waals surface area contributed by atoms with Crippen LogP contribution < -0.4 is 16.3 Å². The normalized spacial score (nSPS) is 12.1. The second-order valence-corrected chi connectivity index (χ2v) is 8.01. The fraction of sp³-hybridized carbons (Fsp3) is 0. The highest BCUT2D eigenvalue weighted by Crippen LogP contribution is 2.29. The first-order valence-electron chi connectivity index (χ1n) is 10.2. The van der Waals surface area contributed by atoms with Crippen LogP contribution in [0.25, 0.3) is 60.0 Å². The molecule has 7 aromatic rings. The molecule has 0 aliphatic carbocycles. The van der Waals surface area contributed by atoms with E-state index >= 15 is 0 Å². The Morgan fingerprint density at radius 1 is 0.500 bits per heavy atom. The summed E-state index contributed by atoms with van der Waals surface area (Å²) in [6.07, 6.45) is 0. The van der Waals surface area contributed by atoms with Gasteiger partial charge < -0.3 is 8.82 Å². The second-order valence-electron chi connectivity index (χ2n) is 8.01. The Labute approximate surface area is 178 Å². The molecular weight excluding hydrogens is 402 g/mol. The number of fused-ring (bicyclic) bond motifs is 6. The van der Waals surface area contributed by atoms with E-state index in [4.69, 9.17) is 4.42 Å². The maximum absolute atomic E-state index is 13.5. The summed E-state index contributed by atoms with van der Waals surface area (Å²) in [5.41, 5.74) is 2.27. The predicted octanol–water partition coefficient (Wildman–Crippen LogP) is 4.82. The fourth-order valence-corrected chi connectivity index (χ4v) is 4.88. The summed E-state index contributed by atoms with van der Waals surface area (Å²) in [7, 11) is 0. The van der Waals surface area contributed by atoms with Crippen LogP contribution in [0.2, 0.25) is 0 Å². The molecule has 5 heteroatoms. The summed E-state index contributed by atoms with van der Waals surface area (Å²) in [6.45, 7) is 0. The molecule has 0 unspecified atom stereocenters. The van der Waals surface area contributed by atoms with E-state index in [2.05, 4.69) is 0 Å². The van der Waals surface area contributed by atoms with E-state index in [-0.39, 0.29) is 16.3 Å². The number of pyridine rings is 2. The van der Waals surface area contributed by atoms with E-state index in [1.54, 1.807) is 54.6 Å². The maximum atomic E-state index is 13.5. The van der Waals surface area contributed by atoms with E-state index in [0.717, 1.165) is 0 Å². The van der Waals surface area contributed by atoms with Gasteiger partial charge in [-0.05, 0) is 42.5 Å². The summed E-state index contributed by atoms with van der Waals surface area (Å²) >= 11 is 0. The summed E-state index contributed by atoms with van der Waals surface area (Å²) in [6, 6.07) is 23.0. The highest BCUT2D eigenvalue weighted by atomic mass is 16.3. The van der Waals surface area contributed by atoms with Crippen molar-refractivity contribution in [1.29, 1.82) is 0 Å². The van der Waals surface area contributed by atoms with Crippen LogP contribution in [0.15, 0.2) is 97.7 Å². The standard InChI is InChI=1S/C27H13NO4/c29-25-14-6-1-3-10-20(14)28-21-13-23-19(26(30)15-7-2-4-11-22(15)32-23)12-18(21)27(31)17-9-5-8-16(25)24(17)28/h1-13H. The molecule has 4 aromatic carbocycles. The molecule has 0 saturated carbocycles. The van der Waals surface area contributed by atoms with Gasteiger partial charge in [-0.2, -0.15) is 0 Å². The third-order valence-electron chi connectivity index (χ3n) is 6.32. The van der Waals surface area contributed by atoms with Crippen LogP contribution in [0.4, 0.5) is 0 Å². The third kappa shape index (κ3) is 2.00. The Bertz CT molecular complexity index is 2100. The molecule has 0 atom stereocenters. The average Bonchev–Trinajstić information content (AvgIpc) is 2.83. The van der Waals surface area contributed by atoms with E-state index in [9.17, 15) is 14.4 Å². The minimum atomic E-state index is -0.213. The van der Waals surface area contributed by atoms with Gasteiger partial charge in [0.05, 0.1) is 27.3 Å². The van der Waals surface area contributed by atoms with Crippen molar-refractivity contribution in [2.45, 2.75) is 0 Å². The summed E-state index contributed by atoms with van der Waals surface area (Å²) in [5, 5.41) is 2.74. The van der Waals surface area contributed by atoms with Crippen LogP contribution in [-0.4, -0.2) is 4.40 Å². The van der Waals surface area contributed by atoms with E-state index in [1.165, 1.54) is 0 Å². The topological polar surface area (TPSA) is 68.8 Å². The number of hydrogen-bond donors (Lipinski definition) is 0. The van der Waals surface area contributed by atoms with Gasteiger partial charge in [0.2, 0.25) is 5.43 Å². The lowest BCUT2D eigenvalue weighted by Crippen LogP contribution is -2.14. The molecule has 32 heavy (non-hydrogen) atoms. The van der Waals surface area contributed by atoms with Crippen molar-refractivity contribution in [3.05, 3.63) is 110 Å². The number of para-hydroxylation sites is 3. The van der Waals surface area contributed by atoms with Crippen molar-refractivity contribution in [3.63, 3.8) is 0 Å². The Morgan fingerprint density at radius 3 is 1.94 bits per heavy atom. The fourth-order valence-electron chi connectivity index (χ4n) is 4.88. The number of rotatable bonds is 0. The van der Waals surface area contributed by atoms with E-state index in [1.807, 2.05) is 28.7 Å². The molecule has 0 radical (unpaired) electrons. The zero-order valence-corrected chi connectivity index (χ0v) is 16.6. The molecule has 7 rings (SSSR count). The lowest BCUT2D eigenvalue weighted by molar-refractivity contribution is 0.660. The van der Waals surface area contributed by atoms with Crippen molar-refractivity contribution in [1.82, 2.24) is 4.40 Å². The number of nitrogens with zero attached hydrogens (tertiary/aromatic N) is 1. The molecule has 0 amide bonds. The number of aromatic nitrogens is 1. The van der Waals surface area contributed by atoms with Crippen molar-refractivity contribution in [2.24, 2.45) is 0 Å². The zero-order valence-electron chi connectivity index (χ0n) is 16.6. The lowest BCUT2D eigenvalue weighted by Gasteiger charge is -2.14. The molecule has 0 aliphatic rings. The van der Waals surface area contributed by atoms with Crippen LogP contribution in [0, 0.1) is 0 Å². The van der Waals surface area contributed by atoms with E-state index < -0.39 is 0 Å². The zero-order chi connectivity index (χ0) is 21.6. The quantitative estimate of drug-likeness (QED) is 0.263.